The van der Waals surface area contributed by atoms with Crippen LogP contribution in [0.3, 0.4) is 0 Å². The number of para-hydroxylation sites is 1. The first kappa shape index (κ1) is 20.7. The average Bonchev–Trinajstić information content (AvgIpc) is 3.48. The van der Waals surface area contributed by atoms with Crippen LogP contribution in [0, 0.1) is 0 Å². The molecule has 1 atom stereocenters. The number of fused-ring (bicyclic) bond motifs is 1. The van der Waals surface area contributed by atoms with Crippen molar-refractivity contribution in [2.75, 3.05) is 13.1 Å². The van der Waals surface area contributed by atoms with Crippen LogP contribution in [0.4, 0.5) is 9.18 Å². The molecule has 0 saturated carbocycles. The number of imide groups is 1. The zero-order chi connectivity index (χ0) is 23.4. The predicted octanol–water partition coefficient (Wildman–Crippen LogP) is 3.78. The van der Waals surface area contributed by atoms with Crippen LogP contribution in [0.2, 0.25) is 0 Å². The van der Waals surface area contributed by atoms with Crippen molar-refractivity contribution in [3.63, 3.8) is 0 Å². The standard InChI is InChI=1S/C25H19FN4O3S/c26-17-10-7-15-12-30(22(31)18(15)11-17)13-25(23(32)28-24(33)29-25)16-8-5-14(6-9-16)21-27-19-3-1-2-4-20(19)34-21/h1-6,8-9,11H,7,10,12-13H2,(H2,28,29,32,33)/t25-/m0/s1. The fourth-order valence-electron chi connectivity index (χ4n) is 4.79. The molecule has 1 aromatic heterocycles. The SMILES string of the molecule is O=C1NC(=O)[C@](CN2CC3=C(C=C(F)CC3)C2=O)(c2ccc(-c3nc4ccccc4s3)cc2)N1. The quantitative estimate of drug-likeness (QED) is 0.563. The number of allylic oxidation sites excluding steroid dienone is 1. The number of urea groups is 1. The molecule has 7 nitrogen and oxygen atoms in total. The van der Waals surface area contributed by atoms with E-state index in [1.54, 1.807) is 23.5 Å². The zero-order valence-electron chi connectivity index (χ0n) is 17.9. The van der Waals surface area contributed by atoms with Crippen LogP contribution in [0.15, 0.2) is 71.6 Å². The highest BCUT2D eigenvalue weighted by Crippen LogP contribution is 2.36. The highest BCUT2D eigenvalue weighted by molar-refractivity contribution is 7.21. The topological polar surface area (TPSA) is 91.4 Å². The van der Waals surface area contributed by atoms with E-state index in [0.29, 0.717) is 24.1 Å². The fraction of sp³-hybridized carbons (Fsp3) is 0.200. The lowest BCUT2D eigenvalue weighted by Gasteiger charge is -2.31. The molecule has 0 spiro atoms. The number of benzene rings is 2. The van der Waals surface area contributed by atoms with E-state index in [1.807, 2.05) is 36.4 Å². The molecule has 1 saturated heterocycles. The van der Waals surface area contributed by atoms with Crippen molar-refractivity contribution in [1.82, 2.24) is 20.5 Å². The smallest absolute Gasteiger partial charge is 0.322 e. The van der Waals surface area contributed by atoms with E-state index in [0.717, 1.165) is 26.4 Å². The lowest BCUT2D eigenvalue weighted by molar-refractivity contribution is -0.129. The van der Waals surface area contributed by atoms with Crippen molar-refractivity contribution in [3.05, 3.63) is 77.1 Å². The van der Waals surface area contributed by atoms with Crippen LogP contribution in [-0.2, 0) is 15.1 Å². The summed E-state index contributed by atoms with van der Waals surface area (Å²) < 4.78 is 14.8. The Morgan fingerprint density at radius 3 is 2.59 bits per heavy atom. The van der Waals surface area contributed by atoms with Crippen LogP contribution in [0.25, 0.3) is 20.8 Å². The number of hydrogen-bond donors (Lipinski definition) is 2. The maximum absolute atomic E-state index is 13.8. The minimum atomic E-state index is -1.43. The Morgan fingerprint density at radius 2 is 1.85 bits per heavy atom. The molecule has 34 heavy (non-hydrogen) atoms. The van der Waals surface area contributed by atoms with Gasteiger partial charge in [0.05, 0.1) is 16.8 Å². The summed E-state index contributed by atoms with van der Waals surface area (Å²) in [5.41, 5.74) is 2.14. The van der Waals surface area contributed by atoms with E-state index in [2.05, 4.69) is 15.6 Å². The molecule has 2 aliphatic heterocycles. The van der Waals surface area contributed by atoms with Gasteiger partial charge >= 0.3 is 6.03 Å². The van der Waals surface area contributed by atoms with Gasteiger partial charge in [0.1, 0.15) is 10.8 Å². The Bertz CT molecular complexity index is 1410. The number of amides is 4. The number of rotatable bonds is 4. The first-order valence-corrected chi connectivity index (χ1v) is 11.7. The van der Waals surface area contributed by atoms with Crippen LogP contribution in [0.1, 0.15) is 18.4 Å². The van der Waals surface area contributed by atoms with Crippen molar-refractivity contribution in [2.45, 2.75) is 18.4 Å². The molecule has 170 valence electrons. The molecule has 3 aromatic rings. The number of aromatic nitrogens is 1. The molecule has 3 heterocycles. The second-order valence-corrected chi connectivity index (χ2v) is 9.68. The summed E-state index contributed by atoms with van der Waals surface area (Å²) in [6.07, 6.45) is 2.03. The number of carbonyl (C=O) groups excluding carboxylic acids is 3. The zero-order valence-corrected chi connectivity index (χ0v) is 18.7. The first-order chi connectivity index (χ1) is 16.4. The number of halogens is 1. The van der Waals surface area contributed by atoms with Crippen LogP contribution < -0.4 is 10.6 Å². The number of nitrogens with one attached hydrogen (secondary N) is 2. The largest absolute Gasteiger partial charge is 0.331 e. The molecule has 0 unspecified atom stereocenters. The van der Waals surface area contributed by atoms with Gasteiger partial charge in [0.25, 0.3) is 11.8 Å². The van der Waals surface area contributed by atoms with E-state index in [4.69, 9.17) is 0 Å². The lowest BCUT2D eigenvalue weighted by atomic mass is 9.88. The molecule has 3 aliphatic rings. The van der Waals surface area contributed by atoms with Gasteiger partial charge in [0, 0.05) is 24.1 Å². The molecule has 9 heteroatoms. The Labute approximate surface area is 198 Å². The van der Waals surface area contributed by atoms with Crippen molar-refractivity contribution >= 4 is 39.4 Å². The maximum atomic E-state index is 13.8. The summed E-state index contributed by atoms with van der Waals surface area (Å²) in [5.74, 6) is -1.17. The van der Waals surface area contributed by atoms with Gasteiger partial charge in [0.2, 0.25) is 0 Å². The summed E-state index contributed by atoms with van der Waals surface area (Å²) >= 11 is 1.57. The molecule has 1 aliphatic carbocycles. The fourth-order valence-corrected chi connectivity index (χ4v) is 5.76. The minimum absolute atomic E-state index is 0.0493. The van der Waals surface area contributed by atoms with Gasteiger partial charge in [-0.05, 0) is 35.8 Å². The summed E-state index contributed by atoms with van der Waals surface area (Å²) in [7, 11) is 0. The second kappa shape index (κ2) is 7.59. The molecule has 2 aromatic carbocycles. The van der Waals surface area contributed by atoms with Crippen LogP contribution in [-0.4, -0.2) is 40.8 Å². The summed E-state index contributed by atoms with van der Waals surface area (Å²) in [6.45, 7) is 0.263. The number of hydrogen-bond acceptors (Lipinski definition) is 5. The third kappa shape index (κ3) is 3.23. The Morgan fingerprint density at radius 1 is 1.06 bits per heavy atom. The van der Waals surface area contributed by atoms with Gasteiger partial charge in [-0.3, -0.25) is 14.9 Å². The molecular weight excluding hydrogens is 455 g/mol. The van der Waals surface area contributed by atoms with Gasteiger partial charge in [-0.15, -0.1) is 11.3 Å². The Balaban J connectivity index is 1.32. The van der Waals surface area contributed by atoms with E-state index >= 15 is 0 Å². The van der Waals surface area contributed by atoms with E-state index in [1.165, 1.54) is 11.0 Å². The van der Waals surface area contributed by atoms with E-state index in [-0.39, 0.29) is 24.7 Å². The first-order valence-electron chi connectivity index (χ1n) is 10.9. The monoisotopic (exact) mass is 474 g/mol. The summed E-state index contributed by atoms with van der Waals surface area (Å²) in [4.78, 5) is 44.3. The van der Waals surface area contributed by atoms with Gasteiger partial charge in [-0.25, -0.2) is 14.2 Å². The van der Waals surface area contributed by atoms with Crippen molar-refractivity contribution in [1.29, 1.82) is 0 Å². The highest BCUT2D eigenvalue weighted by atomic mass is 32.1. The van der Waals surface area contributed by atoms with Crippen LogP contribution in [0.5, 0.6) is 0 Å². The van der Waals surface area contributed by atoms with Gasteiger partial charge in [-0.1, -0.05) is 36.4 Å². The summed E-state index contributed by atoms with van der Waals surface area (Å²) in [5, 5.41) is 5.89. The third-order valence-electron chi connectivity index (χ3n) is 6.53. The van der Waals surface area contributed by atoms with Crippen LogP contribution >= 0.6 is 11.3 Å². The normalized spacial score (nSPS) is 22.2. The number of thiazole rings is 1. The van der Waals surface area contributed by atoms with Crippen molar-refractivity contribution in [3.8, 4) is 10.6 Å². The molecule has 0 radical (unpaired) electrons. The molecule has 2 N–H and O–H groups in total. The van der Waals surface area contributed by atoms with E-state index in [9.17, 15) is 18.8 Å². The summed E-state index contributed by atoms with van der Waals surface area (Å²) in [6, 6.07) is 14.5. The predicted molar refractivity (Wildman–Crippen MR) is 125 cm³/mol. The minimum Gasteiger partial charge on any atom is -0.331 e. The molecule has 4 amide bonds. The lowest BCUT2D eigenvalue weighted by Crippen LogP contribution is -2.53. The van der Waals surface area contributed by atoms with E-state index < -0.39 is 17.5 Å². The molecule has 0 bridgehead atoms. The second-order valence-electron chi connectivity index (χ2n) is 8.65. The number of nitrogens with zero attached hydrogens (tertiary/aromatic N) is 2. The van der Waals surface area contributed by atoms with Gasteiger partial charge < -0.3 is 10.2 Å². The van der Waals surface area contributed by atoms with Gasteiger partial charge in [0.15, 0.2) is 5.54 Å². The highest BCUT2D eigenvalue weighted by Gasteiger charge is 2.50. The Hall–Kier alpha value is -3.85. The van der Waals surface area contributed by atoms with Gasteiger partial charge in [-0.2, -0.15) is 0 Å². The maximum Gasteiger partial charge on any atom is 0.322 e. The van der Waals surface area contributed by atoms with Crippen molar-refractivity contribution < 1.29 is 18.8 Å². The molecule has 1 fully saturated rings. The molecular formula is C25H19FN4O3S. The molecule has 6 rings (SSSR count). The number of carbonyl (C=O) groups is 3. The van der Waals surface area contributed by atoms with Crippen molar-refractivity contribution in [2.24, 2.45) is 0 Å². The third-order valence-corrected chi connectivity index (χ3v) is 7.62. The Kier molecular flexibility index (Phi) is 4.63. The average molecular weight is 475 g/mol.